The lowest BCUT2D eigenvalue weighted by molar-refractivity contribution is -0.122. The van der Waals surface area contributed by atoms with Crippen LogP contribution in [0.4, 0.5) is 4.79 Å². The summed E-state index contributed by atoms with van der Waals surface area (Å²) in [5, 5.41) is 13.0. The number of methoxy groups -OCH3 is 1. The first-order chi connectivity index (χ1) is 7.15. The van der Waals surface area contributed by atoms with Gasteiger partial charge in [0.25, 0.3) is 0 Å². The number of thioether (sulfide) groups is 1. The Morgan fingerprint density at radius 2 is 2.27 bits per heavy atom. The average molecular weight is 231 g/mol. The standard InChI is InChI=1S/C8H13N3O3S/c1-14-8(13)11-6(5-15-2)7(12)10-4-3-9/h6H,4-5H2,1-2H3,(H,10,12)(H,11,13). The number of ether oxygens (including phenoxy) is 1. The maximum Gasteiger partial charge on any atom is 0.407 e. The molecule has 2 amide bonds. The number of amides is 2. The fraction of sp³-hybridized carbons (Fsp3) is 0.625. The molecule has 0 bridgehead atoms. The van der Waals surface area contributed by atoms with Gasteiger partial charge in [0.05, 0.1) is 13.2 Å². The van der Waals surface area contributed by atoms with Crippen molar-refractivity contribution in [3.63, 3.8) is 0 Å². The van der Waals surface area contributed by atoms with Crippen LogP contribution < -0.4 is 10.6 Å². The Bertz CT molecular complexity index is 264. The highest BCUT2D eigenvalue weighted by molar-refractivity contribution is 7.98. The summed E-state index contributed by atoms with van der Waals surface area (Å²) >= 11 is 1.41. The molecule has 1 atom stereocenters. The topological polar surface area (TPSA) is 91.2 Å². The minimum Gasteiger partial charge on any atom is -0.453 e. The lowest BCUT2D eigenvalue weighted by Gasteiger charge is -2.15. The molecule has 0 aliphatic rings. The fourth-order valence-corrected chi connectivity index (χ4v) is 1.37. The molecular weight excluding hydrogens is 218 g/mol. The summed E-state index contributed by atoms with van der Waals surface area (Å²) in [5.74, 6) is 0.0307. The highest BCUT2D eigenvalue weighted by atomic mass is 32.2. The van der Waals surface area contributed by atoms with Crippen LogP contribution in [0.1, 0.15) is 0 Å². The highest BCUT2D eigenvalue weighted by Gasteiger charge is 2.19. The Balaban J connectivity index is 4.19. The summed E-state index contributed by atoms with van der Waals surface area (Å²) < 4.78 is 4.38. The molecule has 0 aromatic heterocycles. The van der Waals surface area contributed by atoms with Gasteiger partial charge in [-0.25, -0.2) is 4.79 Å². The van der Waals surface area contributed by atoms with E-state index in [0.717, 1.165) is 0 Å². The number of carbonyl (C=O) groups is 2. The first kappa shape index (κ1) is 13.6. The van der Waals surface area contributed by atoms with Gasteiger partial charge in [-0.2, -0.15) is 17.0 Å². The van der Waals surface area contributed by atoms with E-state index in [9.17, 15) is 9.59 Å². The molecule has 6 nitrogen and oxygen atoms in total. The van der Waals surface area contributed by atoms with Gasteiger partial charge in [-0.15, -0.1) is 0 Å². The van der Waals surface area contributed by atoms with E-state index in [1.807, 2.05) is 6.26 Å². The SMILES string of the molecule is COC(=O)NC(CSC)C(=O)NCC#N. The predicted octanol–water partition coefficient (Wildman–Crippen LogP) is -0.286. The molecule has 0 aromatic carbocycles. The van der Waals surface area contributed by atoms with Gasteiger partial charge in [-0.05, 0) is 6.26 Å². The van der Waals surface area contributed by atoms with Crippen molar-refractivity contribution in [3.05, 3.63) is 0 Å². The molecule has 2 N–H and O–H groups in total. The monoisotopic (exact) mass is 231 g/mol. The number of nitriles is 1. The summed E-state index contributed by atoms with van der Waals surface area (Å²) in [7, 11) is 1.22. The summed E-state index contributed by atoms with van der Waals surface area (Å²) in [6, 6.07) is 1.10. The van der Waals surface area contributed by atoms with E-state index in [2.05, 4.69) is 15.4 Å². The van der Waals surface area contributed by atoms with E-state index in [0.29, 0.717) is 5.75 Å². The zero-order chi connectivity index (χ0) is 11.7. The number of hydrogen-bond donors (Lipinski definition) is 2. The zero-order valence-corrected chi connectivity index (χ0v) is 9.39. The Labute approximate surface area is 92.3 Å². The molecule has 7 heteroatoms. The lowest BCUT2D eigenvalue weighted by atomic mass is 10.3. The van der Waals surface area contributed by atoms with Crippen molar-refractivity contribution in [3.8, 4) is 6.07 Å². The quantitative estimate of drug-likeness (QED) is 0.635. The molecule has 0 radical (unpaired) electrons. The zero-order valence-electron chi connectivity index (χ0n) is 8.57. The third-order valence-corrected chi connectivity index (χ3v) is 2.14. The van der Waals surface area contributed by atoms with Crippen molar-refractivity contribution in [1.29, 1.82) is 5.26 Å². The predicted molar refractivity (Wildman–Crippen MR) is 56.3 cm³/mol. The van der Waals surface area contributed by atoms with Crippen LogP contribution in [0.15, 0.2) is 0 Å². The summed E-state index contributed by atoms with van der Waals surface area (Å²) in [6.45, 7) is -0.0768. The van der Waals surface area contributed by atoms with E-state index in [1.54, 1.807) is 6.07 Å². The Morgan fingerprint density at radius 3 is 2.73 bits per heavy atom. The van der Waals surface area contributed by atoms with Crippen molar-refractivity contribution in [2.24, 2.45) is 0 Å². The number of rotatable bonds is 5. The van der Waals surface area contributed by atoms with Crippen molar-refractivity contribution in [2.75, 3.05) is 25.7 Å². The van der Waals surface area contributed by atoms with E-state index in [-0.39, 0.29) is 6.54 Å². The molecule has 0 saturated carbocycles. The van der Waals surface area contributed by atoms with E-state index >= 15 is 0 Å². The van der Waals surface area contributed by atoms with Crippen LogP contribution in [0, 0.1) is 11.3 Å². The molecule has 15 heavy (non-hydrogen) atoms. The average Bonchev–Trinajstić information content (AvgIpc) is 2.24. The highest BCUT2D eigenvalue weighted by Crippen LogP contribution is 1.98. The van der Waals surface area contributed by atoms with Gasteiger partial charge in [0.1, 0.15) is 12.6 Å². The third kappa shape index (κ3) is 5.80. The molecule has 0 saturated heterocycles. The van der Waals surface area contributed by atoms with Gasteiger partial charge in [0.2, 0.25) is 5.91 Å². The molecular formula is C8H13N3O3S. The number of alkyl carbamates (subject to hydrolysis) is 1. The Hall–Kier alpha value is -1.42. The second-order valence-electron chi connectivity index (χ2n) is 2.52. The maximum absolute atomic E-state index is 11.4. The molecule has 0 aromatic rings. The fourth-order valence-electron chi connectivity index (χ4n) is 0.801. The Morgan fingerprint density at radius 1 is 1.60 bits per heavy atom. The van der Waals surface area contributed by atoms with E-state index < -0.39 is 18.0 Å². The van der Waals surface area contributed by atoms with Crippen LogP contribution >= 0.6 is 11.8 Å². The molecule has 0 aliphatic heterocycles. The van der Waals surface area contributed by atoms with Crippen LogP contribution in [0.3, 0.4) is 0 Å². The van der Waals surface area contributed by atoms with Crippen LogP contribution in [0.5, 0.6) is 0 Å². The van der Waals surface area contributed by atoms with E-state index in [4.69, 9.17) is 5.26 Å². The van der Waals surface area contributed by atoms with Gasteiger partial charge in [0.15, 0.2) is 0 Å². The van der Waals surface area contributed by atoms with Crippen LogP contribution in [0.2, 0.25) is 0 Å². The smallest absolute Gasteiger partial charge is 0.407 e. The van der Waals surface area contributed by atoms with Crippen LogP contribution in [0.25, 0.3) is 0 Å². The van der Waals surface area contributed by atoms with Crippen LogP contribution in [-0.2, 0) is 9.53 Å². The van der Waals surface area contributed by atoms with Crippen LogP contribution in [-0.4, -0.2) is 43.7 Å². The van der Waals surface area contributed by atoms with Gasteiger partial charge in [-0.3, -0.25) is 4.79 Å². The minimum atomic E-state index is -0.680. The molecule has 0 rings (SSSR count). The summed E-state index contributed by atoms with van der Waals surface area (Å²) in [4.78, 5) is 22.3. The maximum atomic E-state index is 11.4. The first-order valence-corrected chi connectivity index (χ1v) is 5.53. The normalized spacial score (nSPS) is 11.0. The number of nitrogens with zero attached hydrogens (tertiary/aromatic N) is 1. The van der Waals surface area contributed by atoms with Gasteiger partial charge < -0.3 is 15.4 Å². The Kier molecular flexibility index (Phi) is 7.18. The van der Waals surface area contributed by atoms with Gasteiger partial charge in [0, 0.05) is 5.75 Å². The van der Waals surface area contributed by atoms with E-state index in [1.165, 1.54) is 18.9 Å². The molecule has 0 spiro atoms. The second kappa shape index (κ2) is 7.94. The summed E-state index contributed by atoms with van der Waals surface area (Å²) in [5.41, 5.74) is 0. The number of carbonyl (C=O) groups excluding carboxylic acids is 2. The second-order valence-corrected chi connectivity index (χ2v) is 3.43. The van der Waals surface area contributed by atoms with Gasteiger partial charge >= 0.3 is 6.09 Å². The third-order valence-electron chi connectivity index (χ3n) is 1.47. The van der Waals surface area contributed by atoms with Gasteiger partial charge in [-0.1, -0.05) is 0 Å². The molecule has 0 heterocycles. The first-order valence-electron chi connectivity index (χ1n) is 4.13. The van der Waals surface area contributed by atoms with Crippen molar-refractivity contribution >= 4 is 23.8 Å². The molecule has 0 fully saturated rings. The van der Waals surface area contributed by atoms with Crippen molar-refractivity contribution in [2.45, 2.75) is 6.04 Å². The molecule has 0 aliphatic carbocycles. The molecule has 1 unspecified atom stereocenters. The van der Waals surface area contributed by atoms with Crippen molar-refractivity contribution < 1.29 is 14.3 Å². The largest absolute Gasteiger partial charge is 0.453 e. The summed E-state index contributed by atoms with van der Waals surface area (Å²) in [6.07, 6.45) is 1.14. The minimum absolute atomic E-state index is 0.0768. The molecule has 84 valence electrons. The van der Waals surface area contributed by atoms with Crippen molar-refractivity contribution in [1.82, 2.24) is 10.6 Å². The number of nitrogens with one attached hydrogen (secondary N) is 2. The lowest BCUT2D eigenvalue weighted by Crippen LogP contribution is -2.48. The number of hydrogen-bond acceptors (Lipinski definition) is 5.